The lowest BCUT2D eigenvalue weighted by atomic mass is 10.1. The highest BCUT2D eigenvalue weighted by Crippen LogP contribution is 2.10. The standard InChI is InChI=1S/C11H20N4O2/c1-7(2)9(6-17-4)14-11(16)8-5-13-15(3)10(8)12/h5,7,9H,6,12H2,1-4H3,(H,14,16). The number of methoxy groups -OCH3 is 1. The van der Waals surface area contributed by atoms with Crippen molar-refractivity contribution >= 4 is 11.7 Å². The fourth-order valence-corrected chi connectivity index (χ4v) is 1.45. The number of ether oxygens (including phenoxy) is 1. The zero-order valence-corrected chi connectivity index (χ0v) is 10.7. The van der Waals surface area contributed by atoms with Crippen LogP contribution in [0.3, 0.4) is 0 Å². The van der Waals surface area contributed by atoms with Crippen LogP contribution in [0.15, 0.2) is 6.20 Å². The Morgan fingerprint density at radius 1 is 1.65 bits per heavy atom. The number of nitrogens with one attached hydrogen (secondary N) is 1. The van der Waals surface area contributed by atoms with E-state index in [0.29, 0.717) is 18.0 Å². The molecule has 6 heteroatoms. The van der Waals surface area contributed by atoms with Crippen LogP contribution in [0.4, 0.5) is 5.82 Å². The SMILES string of the molecule is COCC(NC(=O)c1cnn(C)c1N)C(C)C. The van der Waals surface area contributed by atoms with Gasteiger partial charge in [-0.25, -0.2) is 0 Å². The van der Waals surface area contributed by atoms with Crippen molar-refractivity contribution in [1.82, 2.24) is 15.1 Å². The van der Waals surface area contributed by atoms with E-state index in [2.05, 4.69) is 10.4 Å². The molecule has 1 atom stereocenters. The van der Waals surface area contributed by atoms with Crippen LogP contribution in [0.5, 0.6) is 0 Å². The van der Waals surface area contributed by atoms with Gasteiger partial charge in [0.1, 0.15) is 11.4 Å². The van der Waals surface area contributed by atoms with E-state index in [1.54, 1.807) is 14.2 Å². The first-order chi connectivity index (χ1) is 7.97. The Bertz CT molecular complexity index is 387. The lowest BCUT2D eigenvalue weighted by molar-refractivity contribution is 0.0867. The summed E-state index contributed by atoms with van der Waals surface area (Å²) in [6.07, 6.45) is 1.47. The predicted octanol–water partition coefficient (Wildman–Crippen LogP) is 0.403. The van der Waals surface area contributed by atoms with Crippen LogP contribution in [0.1, 0.15) is 24.2 Å². The van der Waals surface area contributed by atoms with Crippen LogP contribution in [-0.4, -0.2) is 35.4 Å². The maximum absolute atomic E-state index is 12.0. The van der Waals surface area contributed by atoms with E-state index in [0.717, 1.165) is 0 Å². The number of carbonyl (C=O) groups excluding carboxylic acids is 1. The van der Waals surface area contributed by atoms with Crippen molar-refractivity contribution in [3.05, 3.63) is 11.8 Å². The summed E-state index contributed by atoms with van der Waals surface area (Å²) in [5.41, 5.74) is 6.14. The number of nitrogen functional groups attached to an aromatic ring is 1. The van der Waals surface area contributed by atoms with Crippen LogP contribution in [0, 0.1) is 5.92 Å². The Kier molecular flexibility index (Phi) is 4.51. The third-order valence-corrected chi connectivity index (χ3v) is 2.70. The lowest BCUT2D eigenvalue weighted by Crippen LogP contribution is -2.41. The average Bonchev–Trinajstić information content (AvgIpc) is 2.59. The third-order valence-electron chi connectivity index (χ3n) is 2.70. The van der Waals surface area contributed by atoms with E-state index in [1.165, 1.54) is 10.9 Å². The molecule has 0 radical (unpaired) electrons. The fourth-order valence-electron chi connectivity index (χ4n) is 1.45. The summed E-state index contributed by atoms with van der Waals surface area (Å²) < 4.78 is 6.54. The zero-order valence-electron chi connectivity index (χ0n) is 10.7. The maximum atomic E-state index is 12.0. The minimum atomic E-state index is -0.216. The Morgan fingerprint density at radius 2 is 2.29 bits per heavy atom. The molecule has 1 rings (SSSR count). The quantitative estimate of drug-likeness (QED) is 0.780. The van der Waals surface area contributed by atoms with Crippen LogP contribution in [0.25, 0.3) is 0 Å². The number of anilines is 1. The molecule has 0 aromatic carbocycles. The van der Waals surface area contributed by atoms with Crippen molar-refractivity contribution in [2.45, 2.75) is 19.9 Å². The van der Waals surface area contributed by atoms with Crippen molar-refractivity contribution in [3.8, 4) is 0 Å². The van der Waals surface area contributed by atoms with Gasteiger partial charge in [-0.1, -0.05) is 13.8 Å². The molecule has 17 heavy (non-hydrogen) atoms. The summed E-state index contributed by atoms with van der Waals surface area (Å²) in [5.74, 6) is 0.436. The van der Waals surface area contributed by atoms with Crippen molar-refractivity contribution in [2.24, 2.45) is 13.0 Å². The average molecular weight is 240 g/mol. The normalized spacial score (nSPS) is 12.8. The molecule has 1 aromatic rings. The Labute approximate surface area is 101 Å². The first kappa shape index (κ1) is 13.5. The molecule has 1 unspecified atom stereocenters. The van der Waals surface area contributed by atoms with Crippen molar-refractivity contribution in [3.63, 3.8) is 0 Å². The van der Waals surface area contributed by atoms with Gasteiger partial charge in [0, 0.05) is 14.2 Å². The van der Waals surface area contributed by atoms with Gasteiger partial charge in [-0.05, 0) is 5.92 Å². The number of rotatable bonds is 5. The lowest BCUT2D eigenvalue weighted by Gasteiger charge is -2.21. The molecule has 0 aliphatic heterocycles. The Morgan fingerprint density at radius 3 is 2.71 bits per heavy atom. The smallest absolute Gasteiger partial charge is 0.256 e. The number of aryl methyl sites for hydroxylation is 1. The number of carbonyl (C=O) groups is 1. The Balaban J connectivity index is 2.74. The molecule has 0 fully saturated rings. The molecular weight excluding hydrogens is 220 g/mol. The van der Waals surface area contributed by atoms with Gasteiger partial charge in [-0.2, -0.15) is 5.10 Å². The minimum Gasteiger partial charge on any atom is -0.383 e. The first-order valence-electron chi connectivity index (χ1n) is 5.54. The molecule has 1 heterocycles. The maximum Gasteiger partial charge on any atom is 0.256 e. The number of hydrogen-bond donors (Lipinski definition) is 2. The summed E-state index contributed by atoms with van der Waals surface area (Å²) in [5, 5.41) is 6.83. The topological polar surface area (TPSA) is 82.2 Å². The van der Waals surface area contributed by atoms with Gasteiger partial charge in [0.15, 0.2) is 0 Å². The molecule has 0 saturated carbocycles. The molecule has 0 aliphatic carbocycles. The molecule has 0 aliphatic rings. The van der Waals surface area contributed by atoms with Crippen LogP contribution >= 0.6 is 0 Å². The molecule has 1 aromatic heterocycles. The summed E-state index contributed by atoms with van der Waals surface area (Å²) >= 11 is 0. The fraction of sp³-hybridized carbons (Fsp3) is 0.636. The van der Waals surface area contributed by atoms with Crippen molar-refractivity contribution in [2.75, 3.05) is 19.5 Å². The number of aromatic nitrogens is 2. The van der Waals surface area contributed by atoms with Gasteiger partial charge in [0.05, 0.1) is 18.8 Å². The highest BCUT2D eigenvalue weighted by atomic mass is 16.5. The summed E-state index contributed by atoms with van der Waals surface area (Å²) in [4.78, 5) is 12.0. The second-order valence-corrected chi connectivity index (χ2v) is 4.35. The van der Waals surface area contributed by atoms with E-state index in [-0.39, 0.29) is 17.9 Å². The number of hydrogen-bond acceptors (Lipinski definition) is 4. The monoisotopic (exact) mass is 240 g/mol. The largest absolute Gasteiger partial charge is 0.383 e. The van der Waals surface area contributed by atoms with E-state index in [1.807, 2.05) is 13.8 Å². The molecule has 0 saturated heterocycles. The highest BCUT2D eigenvalue weighted by Gasteiger charge is 2.20. The summed E-state index contributed by atoms with van der Waals surface area (Å²) in [6.45, 7) is 4.52. The van der Waals surface area contributed by atoms with E-state index >= 15 is 0 Å². The van der Waals surface area contributed by atoms with Crippen molar-refractivity contribution in [1.29, 1.82) is 0 Å². The molecule has 1 amide bonds. The van der Waals surface area contributed by atoms with Gasteiger partial charge in [0.2, 0.25) is 0 Å². The molecule has 96 valence electrons. The van der Waals surface area contributed by atoms with Gasteiger partial charge < -0.3 is 15.8 Å². The summed E-state index contributed by atoms with van der Waals surface area (Å²) in [6, 6.07) is -0.0351. The Hall–Kier alpha value is -1.56. The number of amides is 1. The van der Waals surface area contributed by atoms with Crippen LogP contribution in [0.2, 0.25) is 0 Å². The third kappa shape index (κ3) is 3.20. The van der Waals surface area contributed by atoms with Gasteiger partial charge in [0.25, 0.3) is 5.91 Å². The van der Waals surface area contributed by atoms with Gasteiger partial charge >= 0.3 is 0 Å². The number of nitrogens with zero attached hydrogens (tertiary/aromatic N) is 2. The molecule has 0 bridgehead atoms. The second-order valence-electron chi connectivity index (χ2n) is 4.35. The molecular formula is C11H20N4O2. The zero-order chi connectivity index (χ0) is 13.0. The molecule has 0 spiro atoms. The molecule has 3 N–H and O–H groups in total. The molecule has 6 nitrogen and oxygen atoms in total. The highest BCUT2D eigenvalue weighted by molar-refractivity contribution is 5.98. The van der Waals surface area contributed by atoms with E-state index < -0.39 is 0 Å². The first-order valence-corrected chi connectivity index (χ1v) is 5.54. The van der Waals surface area contributed by atoms with Crippen LogP contribution < -0.4 is 11.1 Å². The van der Waals surface area contributed by atoms with Gasteiger partial charge in [-0.15, -0.1) is 0 Å². The van der Waals surface area contributed by atoms with E-state index in [9.17, 15) is 4.79 Å². The second kappa shape index (κ2) is 5.67. The number of nitrogens with two attached hydrogens (primary N) is 1. The summed E-state index contributed by atoms with van der Waals surface area (Å²) in [7, 11) is 3.31. The van der Waals surface area contributed by atoms with Gasteiger partial charge in [-0.3, -0.25) is 9.48 Å². The predicted molar refractivity (Wildman–Crippen MR) is 65.6 cm³/mol. The van der Waals surface area contributed by atoms with Crippen molar-refractivity contribution < 1.29 is 9.53 Å². The minimum absolute atomic E-state index is 0.0351. The van der Waals surface area contributed by atoms with E-state index in [4.69, 9.17) is 10.5 Å². The van der Waals surface area contributed by atoms with Crippen LogP contribution in [-0.2, 0) is 11.8 Å².